The first-order chi connectivity index (χ1) is 7.59. The first-order valence-corrected chi connectivity index (χ1v) is 6.26. The summed E-state index contributed by atoms with van der Waals surface area (Å²) < 4.78 is 0. The van der Waals surface area contributed by atoms with E-state index in [1.807, 2.05) is 14.1 Å². The number of carbonyl (C=O) groups is 1. The molecule has 1 rings (SSSR count). The number of hydrogen-bond donors (Lipinski definition) is 2. The summed E-state index contributed by atoms with van der Waals surface area (Å²) in [6.07, 6.45) is 5.25. The van der Waals surface area contributed by atoms with Crippen molar-refractivity contribution in [1.82, 2.24) is 10.2 Å². The molecule has 0 bridgehead atoms. The molecule has 0 aliphatic heterocycles. The number of carbonyl (C=O) groups excluding carboxylic acids is 1. The van der Waals surface area contributed by atoms with Crippen molar-refractivity contribution in [1.29, 1.82) is 0 Å². The van der Waals surface area contributed by atoms with Gasteiger partial charge in [-0.3, -0.25) is 4.79 Å². The lowest BCUT2D eigenvalue weighted by Gasteiger charge is -2.28. The van der Waals surface area contributed by atoms with Gasteiger partial charge in [-0.15, -0.1) is 12.4 Å². The van der Waals surface area contributed by atoms with E-state index in [0.29, 0.717) is 12.3 Å². The molecule has 1 saturated carbocycles. The molecule has 0 spiro atoms. The van der Waals surface area contributed by atoms with Crippen molar-refractivity contribution in [2.24, 2.45) is 11.7 Å². The van der Waals surface area contributed by atoms with Crippen LogP contribution in [0.25, 0.3) is 0 Å². The Morgan fingerprint density at radius 2 is 2.00 bits per heavy atom. The zero-order chi connectivity index (χ0) is 12.0. The molecule has 4 nitrogen and oxygen atoms in total. The molecule has 1 amide bonds. The predicted molar refractivity (Wildman–Crippen MR) is 73.4 cm³/mol. The number of likely N-dealkylation sites (N-methyl/N-ethyl adjacent to an activating group) is 1. The second-order valence-electron chi connectivity index (χ2n) is 5.07. The highest BCUT2D eigenvalue weighted by Gasteiger charge is 2.23. The highest BCUT2D eigenvalue weighted by molar-refractivity contribution is 5.85. The van der Waals surface area contributed by atoms with Crippen LogP contribution in [0.4, 0.5) is 0 Å². The molecule has 0 aromatic heterocycles. The molecule has 0 aromatic carbocycles. The number of halogens is 1. The summed E-state index contributed by atoms with van der Waals surface area (Å²) >= 11 is 0. The molecule has 1 fully saturated rings. The van der Waals surface area contributed by atoms with Crippen LogP contribution in [0.2, 0.25) is 0 Å². The maximum absolute atomic E-state index is 11.7. The summed E-state index contributed by atoms with van der Waals surface area (Å²) in [4.78, 5) is 13.7. The van der Waals surface area contributed by atoms with Gasteiger partial charge in [-0.2, -0.15) is 0 Å². The molecule has 0 aromatic rings. The lowest BCUT2D eigenvalue weighted by molar-refractivity contribution is -0.122. The van der Waals surface area contributed by atoms with Crippen LogP contribution in [0.5, 0.6) is 0 Å². The summed E-state index contributed by atoms with van der Waals surface area (Å²) in [6.45, 7) is 1.62. The van der Waals surface area contributed by atoms with Gasteiger partial charge in [0, 0.05) is 25.6 Å². The van der Waals surface area contributed by atoms with E-state index in [1.165, 1.54) is 12.8 Å². The van der Waals surface area contributed by atoms with Crippen LogP contribution >= 0.6 is 12.4 Å². The van der Waals surface area contributed by atoms with Crippen molar-refractivity contribution >= 4 is 18.3 Å². The molecule has 2 atom stereocenters. The second-order valence-corrected chi connectivity index (χ2v) is 5.07. The standard InChI is InChI=1S/C12H25N3O.ClH/c1-15(2)8-7-14-12(16)9-10-5-3-4-6-11(10)13;/h10-11H,3-9,13H2,1-2H3,(H,14,16);1H. The van der Waals surface area contributed by atoms with Crippen LogP contribution in [-0.4, -0.2) is 44.0 Å². The fourth-order valence-corrected chi connectivity index (χ4v) is 2.22. The molecule has 17 heavy (non-hydrogen) atoms. The van der Waals surface area contributed by atoms with Gasteiger partial charge in [-0.05, 0) is 32.9 Å². The van der Waals surface area contributed by atoms with Gasteiger partial charge in [0.15, 0.2) is 0 Å². The molecule has 1 aliphatic carbocycles. The van der Waals surface area contributed by atoms with Gasteiger partial charge in [0.05, 0.1) is 0 Å². The van der Waals surface area contributed by atoms with Crippen molar-refractivity contribution in [3.8, 4) is 0 Å². The Balaban J connectivity index is 0.00000256. The van der Waals surface area contributed by atoms with Crippen LogP contribution in [0.15, 0.2) is 0 Å². The number of nitrogens with two attached hydrogens (primary N) is 1. The van der Waals surface area contributed by atoms with E-state index in [9.17, 15) is 4.79 Å². The number of rotatable bonds is 5. The molecule has 2 unspecified atom stereocenters. The van der Waals surface area contributed by atoms with E-state index in [4.69, 9.17) is 5.73 Å². The molecule has 0 radical (unpaired) electrons. The minimum atomic E-state index is 0. The topological polar surface area (TPSA) is 58.4 Å². The predicted octanol–water partition coefficient (Wildman–Crippen LogP) is 0.994. The third-order valence-corrected chi connectivity index (χ3v) is 3.30. The monoisotopic (exact) mass is 263 g/mol. The van der Waals surface area contributed by atoms with Gasteiger partial charge in [-0.25, -0.2) is 0 Å². The number of nitrogens with zero attached hydrogens (tertiary/aromatic N) is 1. The summed E-state index contributed by atoms with van der Waals surface area (Å²) in [5.41, 5.74) is 6.02. The molecule has 5 heteroatoms. The van der Waals surface area contributed by atoms with Crippen LogP contribution in [-0.2, 0) is 4.79 Å². The first kappa shape index (κ1) is 16.7. The Morgan fingerprint density at radius 1 is 1.35 bits per heavy atom. The molecule has 0 saturated heterocycles. The Hall–Kier alpha value is -0.320. The highest BCUT2D eigenvalue weighted by atomic mass is 35.5. The number of nitrogens with one attached hydrogen (secondary N) is 1. The SMILES string of the molecule is CN(C)CCNC(=O)CC1CCCCC1N.Cl. The lowest BCUT2D eigenvalue weighted by Crippen LogP contribution is -2.38. The van der Waals surface area contributed by atoms with E-state index in [-0.39, 0.29) is 24.4 Å². The average Bonchev–Trinajstić information content (AvgIpc) is 2.21. The van der Waals surface area contributed by atoms with E-state index in [0.717, 1.165) is 25.9 Å². The first-order valence-electron chi connectivity index (χ1n) is 6.26. The third-order valence-electron chi connectivity index (χ3n) is 3.30. The minimum absolute atomic E-state index is 0. The molecule has 102 valence electrons. The zero-order valence-electron chi connectivity index (χ0n) is 10.9. The van der Waals surface area contributed by atoms with Crippen molar-refractivity contribution < 1.29 is 4.79 Å². The summed E-state index contributed by atoms with van der Waals surface area (Å²) in [5, 5.41) is 2.95. The minimum Gasteiger partial charge on any atom is -0.355 e. The quantitative estimate of drug-likeness (QED) is 0.778. The van der Waals surface area contributed by atoms with Crippen molar-refractivity contribution in [3.05, 3.63) is 0 Å². The van der Waals surface area contributed by atoms with Gasteiger partial charge < -0.3 is 16.0 Å². The van der Waals surface area contributed by atoms with E-state index in [1.54, 1.807) is 0 Å². The maximum Gasteiger partial charge on any atom is 0.220 e. The van der Waals surface area contributed by atoms with Gasteiger partial charge >= 0.3 is 0 Å². The lowest BCUT2D eigenvalue weighted by atomic mass is 9.83. The van der Waals surface area contributed by atoms with Crippen molar-refractivity contribution in [2.75, 3.05) is 27.2 Å². The summed E-state index contributed by atoms with van der Waals surface area (Å²) in [7, 11) is 4.01. The van der Waals surface area contributed by atoms with Crippen molar-refractivity contribution in [2.45, 2.75) is 38.1 Å². The number of amides is 1. The Labute approximate surface area is 111 Å². The van der Waals surface area contributed by atoms with Crippen molar-refractivity contribution in [3.63, 3.8) is 0 Å². The Kier molecular flexibility index (Phi) is 8.56. The van der Waals surface area contributed by atoms with E-state index < -0.39 is 0 Å². The van der Waals surface area contributed by atoms with Crippen LogP contribution in [0.1, 0.15) is 32.1 Å². The molecule has 0 heterocycles. The molecular weight excluding hydrogens is 238 g/mol. The van der Waals surface area contributed by atoms with Gasteiger partial charge in [0.25, 0.3) is 0 Å². The highest BCUT2D eigenvalue weighted by Crippen LogP contribution is 2.25. The van der Waals surface area contributed by atoms with Crippen LogP contribution in [0, 0.1) is 5.92 Å². The molecule has 3 N–H and O–H groups in total. The largest absolute Gasteiger partial charge is 0.355 e. The summed E-state index contributed by atoms with van der Waals surface area (Å²) in [5.74, 6) is 0.553. The third kappa shape index (κ3) is 6.86. The fourth-order valence-electron chi connectivity index (χ4n) is 2.22. The Morgan fingerprint density at radius 3 is 2.59 bits per heavy atom. The average molecular weight is 264 g/mol. The van der Waals surface area contributed by atoms with E-state index >= 15 is 0 Å². The Bertz CT molecular complexity index is 224. The molecular formula is C12H26ClN3O. The fraction of sp³-hybridized carbons (Fsp3) is 0.917. The van der Waals surface area contributed by atoms with Gasteiger partial charge in [-0.1, -0.05) is 12.8 Å². The van der Waals surface area contributed by atoms with Gasteiger partial charge in [0.2, 0.25) is 5.91 Å². The summed E-state index contributed by atoms with van der Waals surface area (Å²) in [6, 6.07) is 0.230. The smallest absolute Gasteiger partial charge is 0.220 e. The van der Waals surface area contributed by atoms with Crippen LogP contribution in [0.3, 0.4) is 0 Å². The van der Waals surface area contributed by atoms with E-state index in [2.05, 4.69) is 10.2 Å². The second kappa shape index (κ2) is 8.72. The zero-order valence-corrected chi connectivity index (χ0v) is 11.8. The van der Waals surface area contributed by atoms with Gasteiger partial charge in [0.1, 0.15) is 0 Å². The van der Waals surface area contributed by atoms with Crippen LogP contribution < -0.4 is 11.1 Å². The molecule has 1 aliphatic rings. The maximum atomic E-state index is 11.7. The number of hydrogen-bond acceptors (Lipinski definition) is 3. The normalized spacial score (nSPS) is 24.2.